The van der Waals surface area contributed by atoms with Gasteiger partial charge in [0.1, 0.15) is 0 Å². The molecule has 1 atom stereocenters. The molecule has 0 spiro atoms. The third-order valence-corrected chi connectivity index (χ3v) is 3.91. The Morgan fingerprint density at radius 2 is 2.09 bits per heavy atom. The Kier molecular flexibility index (Phi) is 6.43. The van der Waals surface area contributed by atoms with Gasteiger partial charge < -0.3 is 10.4 Å². The zero-order chi connectivity index (χ0) is 15.8. The highest BCUT2D eigenvalue weighted by Crippen LogP contribution is 2.15. The zero-order valence-corrected chi connectivity index (χ0v) is 13.3. The molecule has 1 amide bonds. The van der Waals surface area contributed by atoms with E-state index in [0.717, 1.165) is 16.3 Å². The summed E-state index contributed by atoms with van der Waals surface area (Å²) in [6.45, 7) is 2.27. The number of benzene rings is 1. The summed E-state index contributed by atoms with van der Waals surface area (Å²) in [5.41, 5.74) is 1.62. The van der Waals surface area contributed by atoms with Gasteiger partial charge in [-0.1, -0.05) is 37.3 Å². The minimum Gasteiger partial charge on any atom is -0.391 e. The van der Waals surface area contributed by atoms with Crippen LogP contribution in [0.2, 0.25) is 0 Å². The molecule has 2 rings (SSSR count). The summed E-state index contributed by atoms with van der Waals surface area (Å²) in [5, 5.41) is 13.6. The summed E-state index contributed by atoms with van der Waals surface area (Å²) < 4.78 is 0. The molecule has 0 fully saturated rings. The molecule has 0 saturated heterocycles. The highest BCUT2D eigenvalue weighted by atomic mass is 32.2. The average molecular weight is 316 g/mol. The number of hydrogen-bond donors (Lipinski definition) is 2. The molecule has 2 aromatic rings. The summed E-state index contributed by atoms with van der Waals surface area (Å²) in [5.74, 6) is 0.723. The maximum Gasteiger partial charge on any atom is 0.251 e. The lowest BCUT2D eigenvalue weighted by Crippen LogP contribution is -2.33. The van der Waals surface area contributed by atoms with E-state index in [1.807, 2.05) is 37.3 Å². The fourth-order valence-electron chi connectivity index (χ4n) is 2.05. The van der Waals surface area contributed by atoms with Crippen molar-refractivity contribution >= 4 is 17.7 Å². The molecule has 116 valence electrons. The second-order valence-electron chi connectivity index (χ2n) is 4.87. The van der Waals surface area contributed by atoms with Gasteiger partial charge in [-0.2, -0.15) is 0 Å². The van der Waals surface area contributed by atoms with Crippen LogP contribution in [0.4, 0.5) is 0 Å². The lowest BCUT2D eigenvalue weighted by molar-refractivity contribution is 0.0915. The molecule has 22 heavy (non-hydrogen) atoms. The van der Waals surface area contributed by atoms with E-state index in [1.165, 1.54) is 0 Å². The predicted octanol–water partition coefficient (Wildman–Crippen LogP) is 2.53. The van der Waals surface area contributed by atoms with Gasteiger partial charge in [-0.15, -0.1) is 11.8 Å². The number of nitrogens with zero attached hydrogens (tertiary/aromatic N) is 1. The molecule has 1 aromatic carbocycles. The summed E-state index contributed by atoms with van der Waals surface area (Å²) in [6, 6.07) is 13.2. The van der Waals surface area contributed by atoms with E-state index in [0.29, 0.717) is 12.0 Å². The van der Waals surface area contributed by atoms with Crippen LogP contribution in [0.1, 0.15) is 22.8 Å². The third-order valence-electron chi connectivity index (χ3n) is 3.10. The summed E-state index contributed by atoms with van der Waals surface area (Å²) in [4.78, 5) is 16.3. The molecule has 0 bridgehead atoms. The van der Waals surface area contributed by atoms with Gasteiger partial charge in [-0.25, -0.2) is 4.98 Å². The zero-order valence-electron chi connectivity index (χ0n) is 12.5. The lowest BCUT2D eigenvalue weighted by Gasteiger charge is -2.12. The van der Waals surface area contributed by atoms with Crippen molar-refractivity contribution in [3.63, 3.8) is 0 Å². The maximum atomic E-state index is 12.1. The van der Waals surface area contributed by atoms with Gasteiger partial charge in [0.2, 0.25) is 0 Å². The van der Waals surface area contributed by atoms with E-state index in [1.54, 1.807) is 30.1 Å². The van der Waals surface area contributed by atoms with Crippen molar-refractivity contribution in [3.8, 4) is 0 Å². The fraction of sp³-hybridized carbons (Fsp3) is 0.294. The quantitative estimate of drug-likeness (QED) is 0.771. The molecule has 2 N–H and O–H groups in total. The van der Waals surface area contributed by atoms with Crippen LogP contribution in [0.5, 0.6) is 0 Å². The van der Waals surface area contributed by atoms with Crippen LogP contribution in [0.15, 0.2) is 53.7 Å². The monoisotopic (exact) mass is 316 g/mol. The topological polar surface area (TPSA) is 62.2 Å². The first-order valence-electron chi connectivity index (χ1n) is 7.28. The first kappa shape index (κ1) is 16.5. The normalized spacial score (nSPS) is 11.9. The van der Waals surface area contributed by atoms with Gasteiger partial charge in [-0.3, -0.25) is 4.79 Å². The molecule has 1 aromatic heterocycles. The van der Waals surface area contributed by atoms with Gasteiger partial charge in [-0.05, 0) is 23.4 Å². The van der Waals surface area contributed by atoms with E-state index >= 15 is 0 Å². The van der Waals surface area contributed by atoms with Crippen LogP contribution in [-0.4, -0.2) is 34.4 Å². The van der Waals surface area contributed by atoms with Crippen molar-refractivity contribution in [2.75, 3.05) is 12.3 Å². The van der Waals surface area contributed by atoms with Gasteiger partial charge in [0.25, 0.3) is 5.91 Å². The van der Waals surface area contributed by atoms with Gasteiger partial charge >= 0.3 is 0 Å². The van der Waals surface area contributed by atoms with E-state index in [2.05, 4.69) is 10.3 Å². The Morgan fingerprint density at radius 3 is 2.82 bits per heavy atom. The molecule has 1 unspecified atom stereocenters. The van der Waals surface area contributed by atoms with Crippen LogP contribution in [0.3, 0.4) is 0 Å². The fourth-order valence-corrected chi connectivity index (χ4v) is 2.69. The molecule has 0 aliphatic carbocycles. The second-order valence-corrected chi connectivity index (χ2v) is 6.15. The predicted molar refractivity (Wildman–Crippen MR) is 89.1 cm³/mol. The van der Waals surface area contributed by atoms with E-state index < -0.39 is 6.10 Å². The molecule has 5 heteroatoms. The highest BCUT2D eigenvalue weighted by Gasteiger charge is 2.10. The van der Waals surface area contributed by atoms with E-state index in [-0.39, 0.29) is 12.5 Å². The largest absolute Gasteiger partial charge is 0.391 e. The number of pyridine rings is 1. The minimum atomic E-state index is -0.599. The van der Waals surface area contributed by atoms with Crippen molar-refractivity contribution in [2.45, 2.75) is 24.5 Å². The molecular formula is C17H20N2O2S. The Hall–Kier alpha value is -1.85. The molecule has 1 heterocycles. The van der Waals surface area contributed by atoms with Crippen molar-refractivity contribution in [1.29, 1.82) is 0 Å². The Balaban J connectivity index is 1.85. The lowest BCUT2D eigenvalue weighted by atomic mass is 10.1. The van der Waals surface area contributed by atoms with Gasteiger partial charge in [0, 0.05) is 24.7 Å². The number of amides is 1. The smallest absolute Gasteiger partial charge is 0.251 e. The number of aliphatic hydroxyl groups is 1. The number of aliphatic hydroxyl groups excluding tert-OH is 1. The van der Waals surface area contributed by atoms with Crippen molar-refractivity contribution in [3.05, 3.63) is 59.8 Å². The average Bonchev–Trinajstić information content (AvgIpc) is 2.54. The first-order valence-corrected chi connectivity index (χ1v) is 8.26. The number of hydrogen-bond acceptors (Lipinski definition) is 4. The number of carbonyl (C=O) groups is 1. The van der Waals surface area contributed by atoms with Crippen molar-refractivity contribution in [2.24, 2.45) is 0 Å². The SMILES string of the molecule is CCSc1cc(C(=O)NCC(O)Cc2ccccc2)ccn1. The Bertz CT molecular complexity index is 605. The van der Waals surface area contributed by atoms with Crippen LogP contribution < -0.4 is 5.32 Å². The van der Waals surface area contributed by atoms with Crippen molar-refractivity contribution in [1.82, 2.24) is 10.3 Å². The van der Waals surface area contributed by atoms with E-state index in [4.69, 9.17) is 0 Å². The molecular weight excluding hydrogens is 296 g/mol. The standard InChI is InChI=1S/C17H20N2O2S/c1-2-22-16-11-14(8-9-18-16)17(21)19-12-15(20)10-13-6-4-3-5-7-13/h3-9,11,15,20H,2,10,12H2,1H3,(H,19,21). The van der Waals surface area contributed by atoms with Gasteiger partial charge in [0.15, 0.2) is 0 Å². The second kappa shape index (κ2) is 8.56. The number of aromatic nitrogens is 1. The first-order chi connectivity index (χ1) is 10.7. The number of rotatable bonds is 7. The Morgan fingerprint density at radius 1 is 1.32 bits per heavy atom. The molecule has 0 radical (unpaired) electrons. The van der Waals surface area contributed by atoms with Crippen molar-refractivity contribution < 1.29 is 9.90 Å². The molecule has 4 nitrogen and oxygen atoms in total. The van der Waals surface area contributed by atoms with E-state index in [9.17, 15) is 9.90 Å². The summed E-state index contributed by atoms with van der Waals surface area (Å²) in [7, 11) is 0. The number of carbonyl (C=O) groups excluding carboxylic acids is 1. The van der Waals surface area contributed by atoms with Gasteiger partial charge in [0.05, 0.1) is 11.1 Å². The Labute approximate surface area is 135 Å². The highest BCUT2D eigenvalue weighted by molar-refractivity contribution is 7.99. The van der Waals surface area contributed by atoms with Crippen LogP contribution in [-0.2, 0) is 6.42 Å². The number of nitrogens with one attached hydrogen (secondary N) is 1. The summed E-state index contributed by atoms with van der Waals surface area (Å²) >= 11 is 1.59. The molecule has 0 aliphatic heterocycles. The number of thioether (sulfide) groups is 1. The minimum absolute atomic E-state index is 0.188. The van der Waals surface area contributed by atoms with Crippen LogP contribution in [0, 0.1) is 0 Å². The third kappa shape index (κ3) is 5.16. The van der Waals surface area contributed by atoms with Crippen LogP contribution in [0.25, 0.3) is 0 Å². The van der Waals surface area contributed by atoms with Crippen LogP contribution >= 0.6 is 11.8 Å². The molecule has 0 saturated carbocycles. The molecule has 0 aliphatic rings. The summed E-state index contributed by atoms with van der Waals surface area (Å²) in [6.07, 6.45) is 1.56. The maximum absolute atomic E-state index is 12.1.